The first-order chi connectivity index (χ1) is 6.84. The molecule has 1 unspecified atom stereocenters. The van der Waals surface area contributed by atoms with Crippen LogP contribution in [-0.2, 0) is 6.54 Å². The Morgan fingerprint density at radius 2 is 2.14 bits per heavy atom. The van der Waals surface area contributed by atoms with Gasteiger partial charge in [0.2, 0.25) is 0 Å². The van der Waals surface area contributed by atoms with Crippen molar-refractivity contribution < 1.29 is 0 Å². The maximum absolute atomic E-state index is 4.48. The molecule has 1 fully saturated rings. The summed E-state index contributed by atoms with van der Waals surface area (Å²) in [5.74, 6) is 0. The third-order valence-corrected chi connectivity index (χ3v) is 2.63. The summed E-state index contributed by atoms with van der Waals surface area (Å²) in [6.45, 7) is 6.47. The van der Waals surface area contributed by atoms with E-state index in [1.165, 1.54) is 5.56 Å². The molecular weight excluding hydrogens is 172 g/mol. The van der Waals surface area contributed by atoms with Crippen LogP contribution in [0.1, 0.15) is 12.5 Å². The van der Waals surface area contributed by atoms with Gasteiger partial charge in [0.25, 0.3) is 0 Å². The average Bonchev–Trinajstić information content (AvgIpc) is 2.19. The third kappa shape index (κ3) is 2.56. The molecular formula is C12H17N2. The molecule has 2 rings (SSSR count). The first-order valence-electron chi connectivity index (χ1n) is 5.27. The summed E-state index contributed by atoms with van der Waals surface area (Å²) in [5.41, 5.74) is 1.40. The molecule has 1 aliphatic heterocycles. The molecule has 0 N–H and O–H groups in total. The molecule has 1 aliphatic rings. The maximum atomic E-state index is 4.48. The van der Waals surface area contributed by atoms with Crippen molar-refractivity contribution in [1.29, 1.82) is 0 Å². The lowest BCUT2D eigenvalue weighted by Gasteiger charge is -2.30. The van der Waals surface area contributed by atoms with Crippen LogP contribution in [0.15, 0.2) is 30.3 Å². The van der Waals surface area contributed by atoms with Crippen molar-refractivity contribution in [3.63, 3.8) is 0 Å². The first-order valence-corrected chi connectivity index (χ1v) is 5.27. The molecule has 0 aliphatic carbocycles. The van der Waals surface area contributed by atoms with Crippen molar-refractivity contribution in [3.05, 3.63) is 35.9 Å². The molecule has 1 atom stereocenters. The van der Waals surface area contributed by atoms with Crippen LogP contribution in [0.4, 0.5) is 0 Å². The van der Waals surface area contributed by atoms with Crippen molar-refractivity contribution in [2.45, 2.75) is 19.5 Å². The van der Waals surface area contributed by atoms with E-state index in [0.717, 1.165) is 26.2 Å². The van der Waals surface area contributed by atoms with Crippen LogP contribution >= 0.6 is 0 Å². The highest BCUT2D eigenvalue weighted by atomic mass is 15.2. The van der Waals surface area contributed by atoms with Gasteiger partial charge in [0.1, 0.15) is 0 Å². The zero-order valence-electron chi connectivity index (χ0n) is 8.69. The Morgan fingerprint density at radius 3 is 2.86 bits per heavy atom. The van der Waals surface area contributed by atoms with E-state index in [4.69, 9.17) is 0 Å². The van der Waals surface area contributed by atoms with Crippen LogP contribution < -0.4 is 5.32 Å². The Morgan fingerprint density at radius 1 is 1.36 bits per heavy atom. The highest BCUT2D eigenvalue weighted by Crippen LogP contribution is 2.07. The van der Waals surface area contributed by atoms with Gasteiger partial charge in [0, 0.05) is 32.2 Å². The average molecular weight is 189 g/mol. The van der Waals surface area contributed by atoms with E-state index in [1.807, 2.05) is 0 Å². The largest absolute Gasteiger partial charge is 0.296 e. The number of nitrogens with zero attached hydrogens (tertiary/aromatic N) is 2. The van der Waals surface area contributed by atoms with Crippen molar-refractivity contribution in [3.8, 4) is 0 Å². The highest BCUT2D eigenvalue weighted by molar-refractivity contribution is 5.14. The maximum Gasteiger partial charge on any atom is 0.0345 e. The van der Waals surface area contributed by atoms with Crippen LogP contribution in [0.5, 0.6) is 0 Å². The SMILES string of the molecule is CC1CN(Cc2ccccc2)CC[N]1. The lowest BCUT2D eigenvalue weighted by molar-refractivity contribution is 0.196. The smallest absolute Gasteiger partial charge is 0.0345 e. The van der Waals surface area contributed by atoms with Gasteiger partial charge >= 0.3 is 0 Å². The lowest BCUT2D eigenvalue weighted by Crippen LogP contribution is -2.44. The number of rotatable bonds is 2. The van der Waals surface area contributed by atoms with E-state index in [2.05, 4.69) is 47.5 Å². The minimum atomic E-state index is 0.507. The lowest BCUT2D eigenvalue weighted by atomic mass is 10.2. The Labute approximate surface area is 85.9 Å². The third-order valence-electron chi connectivity index (χ3n) is 2.63. The second-order valence-electron chi connectivity index (χ2n) is 3.98. The Hall–Kier alpha value is -0.860. The predicted octanol–water partition coefficient (Wildman–Crippen LogP) is 1.50. The van der Waals surface area contributed by atoms with Gasteiger partial charge in [-0.1, -0.05) is 30.3 Å². The van der Waals surface area contributed by atoms with E-state index in [0.29, 0.717) is 6.04 Å². The molecule has 1 aromatic carbocycles. The van der Waals surface area contributed by atoms with Gasteiger partial charge in [-0.3, -0.25) is 4.90 Å². The van der Waals surface area contributed by atoms with Gasteiger partial charge in [-0.25, -0.2) is 5.32 Å². The quantitative estimate of drug-likeness (QED) is 0.689. The molecule has 2 nitrogen and oxygen atoms in total. The van der Waals surface area contributed by atoms with Gasteiger partial charge in [0.15, 0.2) is 0 Å². The van der Waals surface area contributed by atoms with E-state index >= 15 is 0 Å². The molecule has 1 heterocycles. The summed E-state index contributed by atoms with van der Waals surface area (Å²) in [4.78, 5) is 2.48. The highest BCUT2D eigenvalue weighted by Gasteiger charge is 2.16. The van der Waals surface area contributed by atoms with Crippen molar-refractivity contribution in [1.82, 2.24) is 10.2 Å². The Balaban J connectivity index is 1.91. The van der Waals surface area contributed by atoms with Crippen LogP contribution in [0.3, 0.4) is 0 Å². The first kappa shape index (κ1) is 9.69. The Kier molecular flexibility index (Phi) is 3.17. The van der Waals surface area contributed by atoms with Crippen LogP contribution in [0, 0.1) is 0 Å². The van der Waals surface area contributed by atoms with Gasteiger partial charge < -0.3 is 0 Å². The second-order valence-corrected chi connectivity index (χ2v) is 3.98. The fourth-order valence-corrected chi connectivity index (χ4v) is 1.93. The molecule has 0 aromatic heterocycles. The monoisotopic (exact) mass is 189 g/mol. The van der Waals surface area contributed by atoms with E-state index in [1.54, 1.807) is 0 Å². The van der Waals surface area contributed by atoms with Gasteiger partial charge in [-0.05, 0) is 12.5 Å². The number of hydrogen-bond donors (Lipinski definition) is 0. The zero-order valence-corrected chi connectivity index (χ0v) is 8.69. The summed E-state index contributed by atoms with van der Waals surface area (Å²) in [5, 5.41) is 4.48. The summed E-state index contributed by atoms with van der Waals surface area (Å²) in [6.07, 6.45) is 0. The van der Waals surface area contributed by atoms with E-state index in [-0.39, 0.29) is 0 Å². The van der Waals surface area contributed by atoms with Crippen molar-refractivity contribution in [2.75, 3.05) is 19.6 Å². The summed E-state index contributed by atoms with van der Waals surface area (Å²) in [6, 6.07) is 11.2. The number of piperazine rings is 1. The van der Waals surface area contributed by atoms with Crippen LogP contribution in [0.25, 0.3) is 0 Å². The van der Waals surface area contributed by atoms with Crippen molar-refractivity contribution >= 4 is 0 Å². The molecule has 0 amide bonds. The van der Waals surface area contributed by atoms with Gasteiger partial charge in [0.05, 0.1) is 0 Å². The van der Waals surface area contributed by atoms with Crippen molar-refractivity contribution in [2.24, 2.45) is 0 Å². The summed E-state index contributed by atoms with van der Waals surface area (Å²) >= 11 is 0. The van der Waals surface area contributed by atoms with Gasteiger partial charge in [-0.2, -0.15) is 0 Å². The normalized spacial score (nSPS) is 23.6. The fraction of sp³-hybridized carbons (Fsp3) is 0.500. The molecule has 75 valence electrons. The summed E-state index contributed by atoms with van der Waals surface area (Å²) < 4.78 is 0. The van der Waals surface area contributed by atoms with Crippen LogP contribution in [0.2, 0.25) is 0 Å². The Bertz CT molecular complexity index is 271. The van der Waals surface area contributed by atoms with Crippen LogP contribution in [-0.4, -0.2) is 30.6 Å². The minimum absolute atomic E-state index is 0.507. The van der Waals surface area contributed by atoms with E-state index in [9.17, 15) is 0 Å². The van der Waals surface area contributed by atoms with Gasteiger partial charge in [-0.15, -0.1) is 0 Å². The molecule has 0 spiro atoms. The van der Waals surface area contributed by atoms with E-state index < -0.39 is 0 Å². The fourth-order valence-electron chi connectivity index (χ4n) is 1.93. The molecule has 0 bridgehead atoms. The molecule has 1 saturated heterocycles. The molecule has 1 radical (unpaired) electrons. The topological polar surface area (TPSA) is 17.3 Å². The molecule has 0 saturated carbocycles. The standard InChI is InChI=1S/C12H17N2/c1-11-9-14(8-7-13-11)10-12-5-3-2-4-6-12/h2-6,11H,7-10H2,1H3. The number of hydrogen-bond acceptors (Lipinski definition) is 1. The zero-order chi connectivity index (χ0) is 9.80. The minimum Gasteiger partial charge on any atom is -0.296 e. The predicted molar refractivity (Wildman–Crippen MR) is 58.2 cm³/mol. The number of benzene rings is 1. The molecule has 2 heteroatoms. The second kappa shape index (κ2) is 4.58. The molecule has 14 heavy (non-hydrogen) atoms. The molecule has 1 aromatic rings. The summed E-state index contributed by atoms with van der Waals surface area (Å²) in [7, 11) is 0.